The zero-order valence-electron chi connectivity index (χ0n) is 23.0. The van der Waals surface area contributed by atoms with Crippen LogP contribution in [0.2, 0.25) is 0 Å². The molecule has 38 heavy (non-hydrogen) atoms. The van der Waals surface area contributed by atoms with E-state index in [2.05, 4.69) is 130 Å². The van der Waals surface area contributed by atoms with Crippen molar-refractivity contribution >= 4 is 33.7 Å². The summed E-state index contributed by atoms with van der Waals surface area (Å²) in [5.74, 6) is 0. The number of hydrogen-bond donors (Lipinski definition) is 0. The highest BCUT2D eigenvalue weighted by molar-refractivity contribution is 6.14. The predicted molar refractivity (Wildman–Crippen MR) is 164 cm³/mol. The summed E-state index contributed by atoms with van der Waals surface area (Å²) in [5.41, 5.74) is 8.76. The van der Waals surface area contributed by atoms with Crippen LogP contribution in [0.4, 0.5) is 0 Å². The van der Waals surface area contributed by atoms with Crippen LogP contribution < -0.4 is 4.57 Å². The number of fused-ring (bicyclic) bond motifs is 6. The summed E-state index contributed by atoms with van der Waals surface area (Å²) in [6.45, 7) is 18.0. The fraction of sp³-hybridized carbons (Fsp3) is 0.216. The van der Waals surface area contributed by atoms with Crippen LogP contribution in [-0.2, 0) is 11.0 Å². The van der Waals surface area contributed by atoms with Crippen LogP contribution >= 0.6 is 0 Å². The summed E-state index contributed by atoms with van der Waals surface area (Å²) >= 11 is 0. The Balaban J connectivity index is 1.77. The molecular formula is C37H36N+. The SMILES string of the molecule is C=Cc1c(C=C)c2cc3[n+](cc2c2ccccc12)C(C)(CC)C(C)(CC)c1cc(-c2ccccc2)ccc1-3. The van der Waals surface area contributed by atoms with Crippen molar-refractivity contribution in [2.24, 2.45) is 0 Å². The second-order valence-corrected chi connectivity index (χ2v) is 11.1. The fourth-order valence-corrected chi connectivity index (χ4v) is 7.01. The van der Waals surface area contributed by atoms with Gasteiger partial charge in [0.1, 0.15) is 0 Å². The molecule has 2 heterocycles. The Labute approximate surface area is 226 Å². The molecule has 5 aromatic rings. The highest BCUT2D eigenvalue weighted by Crippen LogP contribution is 2.51. The van der Waals surface area contributed by atoms with Crippen LogP contribution in [0.25, 0.3) is 56.1 Å². The van der Waals surface area contributed by atoms with Gasteiger partial charge in [0.2, 0.25) is 5.69 Å². The van der Waals surface area contributed by atoms with E-state index in [1.165, 1.54) is 49.5 Å². The third kappa shape index (κ3) is 3.14. The Bertz CT molecular complexity index is 1740. The van der Waals surface area contributed by atoms with E-state index in [4.69, 9.17) is 0 Å². The Morgan fingerprint density at radius 3 is 2.00 bits per heavy atom. The molecule has 1 aliphatic heterocycles. The summed E-state index contributed by atoms with van der Waals surface area (Å²) in [6, 6.07) is 29.0. The average molecular weight is 495 g/mol. The van der Waals surface area contributed by atoms with Crippen LogP contribution in [0.5, 0.6) is 0 Å². The molecule has 0 bridgehead atoms. The maximum absolute atomic E-state index is 4.22. The second kappa shape index (κ2) is 8.81. The van der Waals surface area contributed by atoms with Gasteiger partial charge in [0.25, 0.3) is 0 Å². The van der Waals surface area contributed by atoms with E-state index in [0.717, 1.165) is 24.0 Å². The first-order valence-electron chi connectivity index (χ1n) is 13.8. The van der Waals surface area contributed by atoms with Gasteiger partial charge in [-0.25, -0.2) is 0 Å². The van der Waals surface area contributed by atoms with Gasteiger partial charge in [-0.15, -0.1) is 0 Å². The first-order valence-corrected chi connectivity index (χ1v) is 13.8. The van der Waals surface area contributed by atoms with Gasteiger partial charge >= 0.3 is 0 Å². The van der Waals surface area contributed by atoms with Gasteiger partial charge in [0.05, 0.1) is 16.4 Å². The van der Waals surface area contributed by atoms with E-state index in [1.54, 1.807) is 0 Å². The van der Waals surface area contributed by atoms with E-state index in [9.17, 15) is 0 Å². The first kappa shape index (κ1) is 24.4. The molecule has 6 rings (SSSR count). The Morgan fingerprint density at radius 2 is 1.34 bits per heavy atom. The maximum Gasteiger partial charge on any atom is 0.213 e. The maximum atomic E-state index is 4.22. The molecule has 0 fully saturated rings. The molecule has 1 aliphatic rings. The van der Waals surface area contributed by atoms with Crippen molar-refractivity contribution in [2.75, 3.05) is 0 Å². The zero-order chi connectivity index (χ0) is 26.7. The Morgan fingerprint density at radius 1 is 0.684 bits per heavy atom. The molecule has 1 nitrogen and oxygen atoms in total. The molecule has 0 saturated carbocycles. The van der Waals surface area contributed by atoms with Gasteiger partial charge < -0.3 is 0 Å². The van der Waals surface area contributed by atoms with E-state index in [-0.39, 0.29) is 11.0 Å². The van der Waals surface area contributed by atoms with Crippen molar-refractivity contribution in [2.45, 2.75) is 51.5 Å². The van der Waals surface area contributed by atoms with Crippen molar-refractivity contribution in [1.82, 2.24) is 0 Å². The van der Waals surface area contributed by atoms with E-state index in [1.807, 2.05) is 12.2 Å². The summed E-state index contributed by atoms with van der Waals surface area (Å²) in [5, 5.41) is 5.00. The Hall–Kier alpha value is -3.97. The molecule has 2 unspecified atom stereocenters. The van der Waals surface area contributed by atoms with Crippen molar-refractivity contribution in [1.29, 1.82) is 0 Å². The molecule has 1 heteroatoms. The molecule has 1 aromatic heterocycles. The summed E-state index contributed by atoms with van der Waals surface area (Å²) < 4.78 is 2.59. The van der Waals surface area contributed by atoms with Crippen molar-refractivity contribution < 1.29 is 4.57 Å². The van der Waals surface area contributed by atoms with Crippen LogP contribution in [0.1, 0.15) is 57.2 Å². The van der Waals surface area contributed by atoms with Gasteiger partial charge in [-0.3, -0.25) is 0 Å². The Kier molecular flexibility index (Phi) is 5.65. The molecule has 2 atom stereocenters. The van der Waals surface area contributed by atoms with Gasteiger partial charge in [-0.1, -0.05) is 99.8 Å². The lowest BCUT2D eigenvalue weighted by Gasteiger charge is -2.46. The zero-order valence-corrected chi connectivity index (χ0v) is 23.0. The lowest BCUT2D eigenvalue weighted by Crippen LogP contribution is -2.67. The molecule has 0 radical (unpaired) electrons. The normalized spacial score (nSPS) is 20.2. The van der Waals surface area contributed by atoms with Crippen LogP contribution in [0.3, 0.4) is 0 Å². The van der Waals surface area contributed by atoms with E-state index < -0.39 is 0 Å². The van der Waals surface area contributed by atoms with Crippen molar-refractivity contribution in [3.05, 3.63) is 115 Å². The smallest absolute Gasteiger partial charge is 0.192 e. The number of nitrogens with zero attached hydrogens (tertiary/aromatic N) is 1. The lowest BCUT2D eigenvalue weighted by molar-refractivity contribution is -0.764. The minimum Gasteiger partial charge on any atom is -0.192 e. The minimum atomic E-state index is -0.0971. The van der Waals surface area contributed by atoms with Crippen LogP contribution in [0.15, 0.2) is 98.2 Å². The van der Waals surface area contributed by atoms with Gasteiger partial charge in [0.15, 0.2) is 11.7 Å². The molecule has 4 aromatic carbocycles. The van der Waals surface area contributed by atoms with E-state index in [0.29, 0.717) is 0 Å². The molecular weight excluding hydrogens is 458 g/mol. The quantitative estimate of drug-likeness (QED) is 0.169. The standard InChI is InChI=1S/C37H36N/c1-7-27-28(8-2)32-23-35-31-21-20-26(25-16-12-11-13-17-25)22-34(31)36(5,9-3)37(6,10-4)38(35)24-33(32)30-19-15-14-18-29(27)30/h7-8,11-24H,1-2,9-10H2,3-6H3/q+1. The molecule has 0 saturated heterocycles. The topological polar surface area (TPSA) is 3.88 Å². The molecule has 0 aliphatic carbocycles. The number of pyridine rings is 1. The first-order chi connectivity index (χ1) is 18.4. The van der Waals surface area contributed by atoms with Gasteiger partial charge in [0, 0.05) is 24.8 Å². The monoisotopic (exact) mass is 494 g/mol. The molecule has 188 valence electrons. The number of rotatable bonds is 5. The average Bonchev–Trinajstić information content (AvgIpc) is 2.98. The van der Waals surface area contributed by atoms with E-state index >= 15 is 0 Å². The van der Waals surface area contributed by atoms with Crippen molar-refractivity contribution in [3.63, 3.8) is 0 Å². The lowest BCUT2D eigenvalue weighted by atomic mass is 9.60. The third-order valence-electron chi connectivity index (χ3n) is 9.70. The fourth-order valence-electron chi connectivity index (χ4n) is 7.01. The highest BCUT2D eigenvalue weighted by atomic mass is 15.1. The summed E-state index contributed by atoms with van der Waals surface area (Å²) in [4.78, 5) is 0. The number of aromatic nitrogens is 1. The highest BCUT2D eigenvalue weighted by Gasteiger charge is 2.56. The number of benzene rings is 4. The van der Waals surface area contributed by atoms with Gasteiger partial charge in [-0.05, 0) is 64.1 Å². The van der Waals surface area contributed by atoms with Crippen LogP contribution in [0, 0.1) is 0 Å². The van der Waals surface area contributed by atoms with Gasteiger partial charge in [-0.2, -0.15) is 4.57 Å². The largest absolute Gasteiger partial charge is 0.213 e. The van der Waals surface area contributed by atoms with Crippen LogP contribution in [-0.4, -0.2) is 0 Å². The predicted octanol–water partition coefficient (Wildman–Crippen LogP) is 9.71. The summed E-state index contributed by atoms with van der Waals surface area (Å²) in [7, 11) is 0. The second-order valence-electron chi connectivity index (χ2n) is 11.1. The molecule has 0 spiro atoms. The molecule has 0 amide bonds. The summed E-state index contributed by atoms with van der Waals surface area (Å²) in [6.07, 6.45) is 8.50. The molecule has 0 N–H and O–H groups in total. The number of hydrogen-bond acceptors (Lipinski definition) is 0. The minimum absolute atomic E-state index is 0.0364. The van der Waals surface area contributed by atoms with Crippen molar-refractivity contribution in [3.8, 4) is 22.4 Å². The third-order valence-corrected chi connectivity index (χ3v) is 9.70.